The van der Waals surface area contributed by atoms with Crippen LogP contribution in [0.2, 0.25) is 0 Å². The number of aliphatic carboxylic acids is 1. The van der Waals surface area contributed by atoms with E-state index in [-0.39, 0.29) is 23.9 Å². The van der Waals surface area contributed by atoms with Crippen LogP contribution in [0, 0.1) is 0 Å². The molecule has 120 valence electrons. The van der Waals surface area contributed by atoms with Gasteiger partial charge in [0, 0.05) is 6.04 Å². The smallest absolute Gasteiger partial charge is 0.320 e. The zero-order chi connectivity index (χ0) is 15.3. The van der Waals surface area contributed by atoms with E-state index in [1.54, 1.807) is 0 Å². The maximum absolute atomic E-state index is 11.2. The van der Waals surface area contributed by atoms with E-state index in [9.17, 15) is 9.90 Å². The molecule has 1 aromatic carbocycles. The molecule has 0 amide bonds. The Morgan fingerprint density at radius 1 is 1.24 bits per heavy atom. The second-order valence-corrected chi connectivity index (χ2v) is 6.44. The van der Waals surface area contributed by atoms with Gasteiger partial charge in [-0.1, -0.05) is 58.4 Å². The first-order valence-electron chi connectivity index (χ1n) is 7.35. The van der Waals surface area contributed by atoms with Gasteiger partial charge < -0.3 is 5.11 Å². The zero-order valence-corrected chi connectivity index (χ0v) is 14.5. The summed E-state index contributed by atoms with van der Waals surface area (Å²) in [5.41, 5.74) is 2.55. The van der Waals surface area contributed by atoms with Crippen LogP contribution >= 0.6 is 12.4 Å². The van der Waals surface area contributed by atoms with E-state index >= 15 is 0 Å². The molecule has 0 radical (unpaired) electrons. The summed E-state index contributed by atoms with van der Waals surface area (Å²) >= 11 is 0. The van der Waals surface area contributed by atoms with Crippen LogP contribution in [0.25, 0.3) is 0 Å². The third-order valence-electron chi connectivity index (χ3n) is 3.60. The highest BCUT2D eigenvalue weighted by molar-refractivity contribution is 5.85. The number of hydrogen-bond donors (Lipinski definition) is 2. The van der Waals surface area contributed by atoms with Crippen LogP contribution in [0.3, 0.4) is 0 Å². The van der Waals surface area contributed by atoms with E-state index in [1.807, 2.05) is 13.8 Å². The minimum atomic E-state index is -0.773. The van der Waals surface area contributed by atoms with Gasteiger partial charge in [0.15, 0.2) is 0 Å². The Kier molecular flexibility index (Phi) is 7.98. The van der Waals surface area contributed by atoms with E-state index in [2.05, 4.69) is 50.4 Å². The van der Waals surface area contributed by atoms with Crippen molar-refractivity contribution in [1.29, 1.82) is 0 Å². The van der Waals surface area contributed by atoms with Crippen LogP contribution in [0.15, 0.2) is 24.3 Å². The molecule has 4 heteroatoms. The van der Waals surface area contributed by atoms with Crippen LogP contribution in [-0.2, 0) is 10.2 Å². The topological polar surface area (TPSA) is 49.3 Å². The van der Waals surface area contributed by atoms with Gasteiger partial charge in [0.1, 0.15) is 6.04 Å². The first kappa shape index (κ1) is 19.9. The quantitative estimate of drug-likeness (QED) is 0.822. The highest BCUT2D eigenvalue weighted by Gasteiger charge is 2.19. The summed E-state index contributed by atoms with van der Waals surface area (Å²) in [6.07, 6.45) is 1.51. The van der Waals surface area contributed by atoms with E-state index in [1.165, 1.54) is 5.56 Å². The number of benzene rings is 1. The lowest BCUT2D eigenvalue weighted by molar-refractivity contribution is -0.139. The minimum absolute atomic E-state index is 0. The molecule has 2 unspecified atom stereocenters. The van der Waals surface area contributed by atoms with Crippen LogP contribution in [0.5, 0.6) is 0 Å². The predicted molar refractivity (Wildman–Crippen MR) is 90.3 cm³/mol. The Bertz CT molecular complexity index is 437. The monoisotopic (exact) mass is 313 g/mol. The Hall–Kier alpha value is -1.06. The Morgan fingerprint density at radius 2 is 1.76 bits per heavy atom. The molecule has 0 saturated heterocycles. The van der Waals surface area contributed by atoms with Crippen molar-refractivity contribution in [2.75, 3.05) is 0 Å². The van der Waals surface area contributed by atoms with Gasteiger partial charge in [-0.25, -0.2) is 0 Å². The van der Waals surface area contributed by atoms with E-state index < -0.39 is 12.0 Å². The fourth-order valence-corrected chi connectivity index (χ4v) is 2.24. The normalized spacial score (nSPS) is 14.1. The number of rotatable bonds is 6. The first-order valence-corrected chi connectivity index (χ1v) is 7.35. The van der Waals surface area contributed by atoms with Crippen LogP contribution < -0.4 is 5.32 Å². The molecule has 0 aromatic heterocycles. The first-order chi connectivity index (χ1) is 9.25. The maximum atomic E-state index is 11.2. The number of nitrogens with one attached hydrogen (secondary N) is 1. The van der Waals surface area contributed by atoms with Gasteiger partial charge in [0.25, 0.3) is 0 Å². The van der Waals surface area contributed by atoms with Crippen molar-refractivity contribution >= 4 is 18.4 Å². The summed E-state index contributed by atoms with van der Waals surface area (Å²) in [5, 5.41) is 12.4. The Morgan fingerprint density at radius 3 is 2.14 bits per heavy atom. The molecule has 3 nitrogen and oxygen atoms in total. The second-order valence-electron chi connectivity index (χ2n) is 6.44. The standard InChI is InChI=1S/C17H27NO2.ClH/c1-6-7-15(16(19)20)18-12(2)13-8-10-14(11-9-13)17(3,4)5;/h8-12,15,18H,6-7H2,1-5H3,(H,19,20);1H. The highest BCUT2D eigenvalue weighted by atomic mass is 35.5. The fraction of sp³-hybridized carbons (Fsp3) is 0.588. The highest BCUT2D eigenvalue weighted by Crippen LogP contribution is 2.24. The lowest BCUT2D eigenvalue weighted by atomic mass is 9.86. The number of carboxylic acids is 1. The molecule has 1 rings (SSSR count). The third kappa shape index (κ3) is 6.06. The van der Waals surface area contributed by atoms with Gasteiger partial charge in [-0.2, -0.15) is 0 Å². The molecular formula is C17H28ClNO2. The molecule has 0 aliphatic heterocycles. The molecule has 0 bridgehead atoms. The summed E-state index contributed by atoms with van der Waals surface area (Å²) in [5.74, 6) is -0.773. The van der Waals surface area contributed by atoms with E-state index in [4.69, 9.17) is 0 Å². The number of halogens is 1. The van der Waals surface area contributed by atoms with Gasteiger partial charge in [-0.3, -0.25) is 10.1 Å². The van der Waals surface area contributed by atoms with Gasteiger partial charge in [0.2, 0.25) is 0 Å². The predicted octanol–water partition coefficient (Wildman–Crippen LogP) is 4.31. The lowest BCUT2D eigenvalue weighted by Crippen LogP contribution is -2.38. The van der Waals surface area contributed by atoms with Crippen LogP contribution in [0.4, 0.5) is 0 Å². The van der Waals surface area contributed by atoms with Gasteiger partial charge >= 0.3 is 5.97 Å². The second kappa shape index (κ2) is 8.40. The molecule has 0 saturated carbocycles. The molecule has 0 spiro atoms. The summed E-state index contributed by atoms with van der Waals surface area (Å²) in [6.45, 7) is 10.6. The van der Waals surface area contributed by atoms with Crippen molar-refractivity contribution < 1.29 is 9.90 Å². The van der Waals surface area contributed by atoms with Crippen molar-refractivity contribution in [3.63, 3.8) is 0 Å². The SMILES string of the molecule is CCCC(NC(C)c1ccc(C(C)(C)C)cc1)C(=O)O.Cl. The van der Waals surface area contributed by atoms with Crippen molar-refractivity contribution in [1.82, 2.24) is 5.32 Å². The van der Waals surface area contributed by atoms with Gasteiger partial charge in [-0.05, 0) is 29.9 Å². The van der Waals surface area contributed by atoms with E-state index in [0.717, 1.165) is 12.0 Å². The largest absolute Gasteiger partial charge is 0.480 e. The molecule has 0 heterocycles. The van der Waals surface area contributed by atoms with Crippen LogP contribution in [0.1, 0.15) is 64.6 Å². The molecule has 2 N–H and O–H groups in total. The minimum Gasteiger partial charge on any atom is -0.480 e. The average molecular weight is 314 g/mol. The Balaban J connectivity index is 0.00000400. The molecule has 0 fully saturated rings. The number of carboxylic acid groups (broad SMARTS) is 1. The molecule has 0 aliphatic carbocycles. The molecule has 0 aliphatic rings. The molecular weight excluding hydrogens is 286 g/mol. The van der Waals surface area contributed by atoms with Crippen molar-refractivity contribution in [2.45, 2.75) is 65.0 Å². The van der Waals surface area contributed by atoms with Crippen molar-refractivity contribution in [3.05, 3.63) is 35.4 Å². The number of carbonyl (C=O) groups is 1. The summed E-state index contributed by atoms with van der Waals surface area (Å²) in [7, 11) is 0. The van der Waals surface area contributed by atoms with Crippen molar-refractivity contribution in [3.8, 4) is 0 Å². The fourth-order valence-electron chi connectivity index (χ4n) is 2.24. The van der Waals surface area contributed by atoms with Gasteiger partial charge in [-0.15, -0.1) is 12.4 Å². The van der Waals surface area contributed by atoms with Gasteiger partial charge in [0.05, 0.1) is 0 Å². The van der Waals surface area contributed by atoms with Crippen LogP contribution in [-0.4, -0.2) is 17.1 Å². The number of hydrogen-bond acceptors (Lipinski definition) is 2. The van der Waals surface area contributed by atoms with Crippen molar-refractivity contribution in [2.24, 2.45) is 0 Å². The zero-order valence-electron chi connectivity index (χ0n) is 13.6. The third-order valence-corrected chi connectivity index (χ3v) is 3.60. The summed E-state index contributed by atoms with van der Waals surface area (Å²) in [6, 6.07) is 7.99. The summed E-state index contributed by atoms with van der Waals surface area (Å²) < 4.78 is 0. The molecule has 21 heavy (non-hydrogen) atoms. The molecule has 1 aromatic rings. The van der Waals surface area contributed by atoms with E-state index in [0.29, 0.717) is 6.42 Å². The maximum Gasteiger partial charge on any atom is 0.320 e. The summed E-state index contributed by atoms with van der Waals surface area (Å²) in [4.78, 5) is 11.2. The molecule has 2 atom stereocenters. The average Bonchev–Trinajstić information content (AvgIpc) is 2.37. The lowest BCUT2D eigenvalue weighted by Gasteiger charge is -2.22. The Labute approximate surface area is 134 Å².